The highest BCUT2D eigenvalue weighted by Gasteiger charge is 2.74. The highest BCUT2D eigenvalue weighted by atomic mass is 16.8. The molecule has 10 heterocycles. The number of nitrogens with one attached hydrogen (secondary N) is 2. The number of aliphatic hydroxyl groups excluding tert-OH is 22. The third kappa shape index (κ3) is 20.3. The van der Waals surface area contributed by atoms with Gasteiger partial charge in [-0.25, -0.2) is 15.0 Å². The van der Waals surface area contributed by atoms with Crippen LogP contribution in [-0.2, 0) is 104 Å². The Kier molecular flexibility index (Phi) is 33.1. The highest BCUT2D eigenvalue weighted by Crippen LogP contribution is 2.77. The molecule has 52 atom stereocenters. The molecule has 10 saturated heterocycles. The molecule has 0 aromatic rings. The molecule has 788 valence electrons. The van der Waals surface area contributed by atoms with Gasteiger partial charge in [0.1, 0.15) is 170 Å². The van der Waals surface area contributed by atoms with Crippen LogP contribution >= 0.6 is 0 Å². The van der Waals surface area contributed by atoms with E-state index in [0.717, 1.165) is 12.5 Å². The number of carboxylic acid groups (broad SMARTS) is 1. The number of piperazine rings is 1. The van der Waals surface area contributed by atoms with Crippen molar-refractivity contribution in [2.24, 2.45) is 55.3 Å². The number of carbonyl (C=O) groups excluding carboxylic acids is 3. The lowest BCUT2D eigenvalue weighted by atomic mass is 9.31. The maximum atomic E-state index is 16.7. The lowest BCUT2D eigenvalue weighted by Crippen LogP contribution is -2.70. The molecule has 4 saturated carbocycles. The summed E-state index contributed by atoms with van der Waals surface area (Å²) in [5.41, 5.74) is -2.83. The predicted octanol–water partition coefficient (Wildman–Crippen LogP) is -9.70. The fourth-order valence-corrected chi connectivity index (χ4v) is 24.5. The van der Waals surface area contributed by atoms with Crippen LogP contribution in [0.25, 0.3) is 0 Å². The van der Waals surface area contributed by atoms with Crippen molar-refractivity contribution in [3.63, 3.8) is 0 Å². The van der Waals surface area contributed by atoms with Gasteiger partial charge in [-0.3, -0.25) is 9.59 Å². The van der Waals surface area contributed by atoms with Crippen molar-refractivity contribution in [3.05, 3.63) is 11.6 Å². The van der Waals surface area contributed by atoms with Gasteiger partial charge < -0.3 is 218 Å². The molecule has 15 aliphatic rings. The van der Waals surface area contributed by atoms with E-state index in [4.69, 9.17) is 95.1 Å². The molecule has 2 amide bonds. The van der Waals surface area contributed by atoms with E-state index in [1.165, 1.54) is 20.8 Å². The molecule has 10 aliphatic heterocycles. The number of hydrazone groups is 1. The van der Waals surface area contributed by atoms with Crippen molar-refractivity contribution in [2.75, 3.05) is 59.2 Å². The summed E-state index contributed by atoms with van der Waals surface area (Å²) in [5, 5.41) is 267. The topological polar surface area (TPSA) is 749 Å². The van der Waals surface area contributed by atoms with Crippen LogP contribution in [0.1, 0.15) is 127 Å². The van der Waals surface area contributed by atoms with E-state index in [-0.39, 0.29) is 44.4 Å². The normalized spacial score (nSPS) is 52.2. The number of carboxylic acids is 1. The summed E-state index contributed by atoms with van der Waals surface area (Å²) >= 11 is 0. The zero-order valence-corrected chi connectivity index (χ0v) is 78.1. The van der Waals surface area contributed by atoms with Gasteiger partial charge >= 0.3 is 23.9 Å². The number of amides is 2. The van der Waals surface area contributed by atoms with E-state index in [1.807, 2.05) is 20.8 Å². The predicted molar refractivity (Wildman–Crippen MR) is 451 cm³/mol. The first-order valence-corrected chi connectivity index (χ1v) is 47.4. The van der Waals surface area contributed by atoms with Gasteiger partial charge in [0.05, 0.1) is 63.6 Å². The number of hydrogen-bond donors (Lipinski definition) is 25. The van der Waals surface area contributed by atoms with Crippen LogP contribution in [0.5, 0.6) is 0 Å². The van der Waals surface area contributed by atoms with Crippen LogP contribution in [0.15, 0.2) is 16.8 Å². The Morgan fingerprint density at radius 2 is 0.957 bits per heavy atom. The number of carbonyl (C=O) groups is 4. The summed E-state index contributed by atoms with van der Waals surface area (Å²) in [6.07, 6.45) is -76.0. The Morgan fingerprint density at radius 1 is 0.478 bits per heavy atom. The summed E-state index contributed by atoms with van der Waals surface area (Å²) in [5.74, 6) is -5.41. The molecule has 138 heavy (non-hydrogen) atoms. The minimum atomic E-state index is -2.25. The van der Waals surface area contributed by atoms with Gasteiger partial charge in [-0.2, -0.15) is 5.10 Å². The number of hydrogen-bond acceptors (Lipinski definition) is 47. The van der Waals surface area contributed by atoms with Crippen molar-refractivity contribution in [3.8, 4) is 0 Å². The maximum absolute atomic E-state index is 16.7. The second-order valence-electron chi connectivity index (χ2n) is 41.7. The van der Waals surface area contributed by atoms with Crippen molar-refractivity contribution in [1.29, 1.82) is 0 Å². The van der Waals surface area contributed by atoms with E-state index in [9.17, 15) is 132 Å². The summed E-state index contributed by atoms with van der Waals surface area (Å²) in [6, 6.07) is -0.497. The molecular weight excluding hydrogens is 1850 g/mol. The van der Waals surface area contributed by atoms with Gasteiger partial charge in [0.15, 0.2) is 68.6 Å². The number of allylic oxidation sites excluding steroid dienone is 2. The lowest BCUT2D eigenvalue weighted by molar-refractivity contribution is -0.392. The van der Waals surface area contributed by atoms with Crippen molar-refractivity contribution in [1.82, 2.24) is 15.6 Å². The van der Waals surface area contributed by atoms with E-state index >= 15 is 4.79 Å². The van der Waals surface area contributed by atoms with Gasteiger partial charge in [-0.1, -0.05) is 53.2 Å². The van der Waals surface area contributed by atoms with E-state index in [1.54, 1.807) is 11.1 Å². The van der Waals surface area contributed by atoms with Gasteiger partial charge in [-0.15, -0.1) is 0 Å². The average Bonchev–Trinajstić information content (AvgIpc) is 0.663. The smallest absolute Gasteiger partial charge is 0.337 e. The third-order valence-corrected chi connectivity index (χ3v) is 32.3. The van der Waals surface area contributed by atoms with Gasteiger partial charge in [0.25, 0.3) is 0 Å². The molecule has 14 fully saturated rings. The molecule has 45 unspecified atom stereocenters. The fraction of sp³-hybridized carbons (Fsp3) is 0.920. The Bertz CT molecular complexity index is 4210. The lowest BCUT2D eigenvalue weighted by Gasteiger charge is -2.72. The van der Waals surface area contributed by atoms with E-state index in [0.29, 0.717) is 45.4 Å². The largest absolute Gasteiger partial charge is 0.479 e. The molecule has 50 nitrogen and oxygen atoms in total. The standard InChI is InChI=1S/C88H140N4O46/c1-31-62(130-74-60(114)65(40(98)28-122-74)132-76-55(109)50(104)48(102)41(24-93)128-76)52(106)57(111)75(123-31)136-69-58(112)63(131-78-61(115)67(64(33(3)124-78)126-34(4)95)134-73-54(108)47(101)39(97)27-121-73)32(2)125-79(69)138-81(118)88-16-15-83(5,6)22-37(88)36-11-12-43-85(8)14-13-35(21-44(85)84(7,29-87(43,10)86(36,9)23-45(88)99)30-90-91-82(119)92-19-17-89-18-20-92)127-80-70(137-77-56(110)51(105)49(103)42(25-94)129-77)66(59(113)68(135-80)71(116)117)133-72-53(107)46(100)38(96)26-120-72/h11,30-33,35,37-70,72-80,89,93-94,96-115H,12-29H2,1-10H3,(H,91,119)(H,116,117)/b90-30+/t31?,32?,33?,35-,37?,38?,39?,40?,41?,42?,43?,44?,45+,46?,47?,48?,49?,50?,51?,52?,53?,54?,55?,56?,57?,58?,59?,60?,61?,62?,63?,64?,65?,66?,67?,68?,69?,70?,72?,73?,74?,75?,76?,77?,78?,79?,80?,84+,85+,86+,87+,88+/m0/s1. The number of nitrogens with zero attached hydrogens (tertiary/aromatic N) is 2. The molecule has 25 N–H and O–H groups in total. The SMILES string of the molecule is CC(=O)OC1C(C)OC(OC2C(C)OC(OC(=O)[C@]34CCC(C)(C)CC3C3=CCC5[C@@]6(C)CC[C@H](OC7OC(C(=O)O)C(O)C(OC8OCC(O)C(O)C8O)C7OC7OC(CO)C(O)C(O)C7O)CC6[C@@](C)(/C=N/NC(=O)N6CCNCC6)C[C@@]5(C)[C@]3(C)C[C@H]4O)C(OC3OC(C)C(OC4OCC(O)C(OC5OC(CO)C(O)C(O)C5O)C4O)C(O)C3O)C2O)C(O)C1OC1OCC(O)C(O)C1O. The van der Waals surface area contributed by atoms with Crippen molar-refractivity contribution in [2.45, 2.75) is 397 Å². The van der Waals surface area contributed by atoms with Gasteiger partial charge in [0.2, 0.25) is 6.29 Å². The van der Waals surface area contributed by atoms with Crippen LogP contribution in [0.2, 0.25) is 0 Å². The minimum absolute atomic E-state index is 0.0238. The fourth-order valence-electron chi connectivity index (χ4n) is 24.5. The summed E-state index contributed by atoms with van der Waals surface area (Å²) in [4.78, 5) is 58.3. The summed E-state index contributed by atoms with van der Waals surface area (Å²) in [6.45, 7) is 15.6. The number of fused-ring (bicyclic) bond motifs is 7. The molecule has 0 aromatic heterocycles. The zero-order chi connectivity index (χ0) is 100. The third-order valence-electron chi connectivity index (χ3n) is 32.3. The van der Waals surface area contributed by atoms with Crippen LogP contribution in [0.4, 0.5) is 4.79 Å². The molecule has 15 rings (SSSR count). The number of esters is 2. The van der Waals surface area contributed by atoms with Crippen molar-refractivity contribution >= 4 is 30.2 Å². The average molecular weight is 1990 g/mol. The van der Waals surface area contributed by atoms with E-state index in [2.05, 4.69) is 37.6 Å². The Labute approximate surface area is 793 Å². The monoisotopic (exact) mass is 1990 g/mol. The first kappa shape index (κ1) is 108. The van der Waals surface area contributed by atoms with Crippen molar-refractivity contribution < 1.29 is 227 Å². The number of urea groups is 1. The van der Waals surface area contributed by atoms with Crippen LogP contribution in [0.3, 0.4) is 0 Å². The molecule has 50 heteroatoms. The second kappa shape index (κ2) is 42.4. The first-order chi connectivity index (χ1) is 65.0. The van der Waals surface area contributed by atoms with Gasteiger partial charge in [0, 0.05) is 44.7 Å². The van der Waals surface area contributed by atoms with E-state index < -0.39 is 372 Å². The highest BCUT2D eigenvalue weighted by molar-refractivity contribution is 5.80. The molecule has 0 radical (unpaired) electrons. The maximum Gasteiger partial charge on any atom is 0.337 e. The van der Waals surface area contributed by atoms with Gasteiger partial charge in [-0.05, 0) is 118 Å². The summed E-state index contributed by atoms with van der Waals surface area (Å²) in [7, 11) is 0. The molecular formula is C88H140N4O46. The molecule has 0 bridgehead atoms. The number of ether oxygens (including phenoxy) is 19. The number of aliphatic hydroxyl groups is 22. The summed E-state index contributed by atoms with van der Waals surface area (Å²) < 4.78 is 116. The first-order valence-electron chi connectivity index (χ1n) is 47.4. The molecule has 5 aliphatic carbocycles. The Balaban J connectivity index is 0.738. The minimum Gasteiger partial charge on any atom is -0.479 e. The Hall–Kier alpha value is -4.51. The van der Waals surface area contributed by atoms with Crippen LogP contribution in [-0.4, -0.2) is 482 Å². The second-order valence-corrected chi connectivity index (χ2v) is 41.7. The number of aliphatic carboxylic acids is 1. The zero-order valence-electron chi connectivity index (χ0n) is 78.1. The molecule has 0 spiro atoms. The molecule has 0 aromatic carbocycles. The number of rotatable bonds is 24. The van der Waals surface area contributed by atoms with Crippen LogP contribution < -0.4 is 10.7 Å². The van der Waals surface area contributed by atoms with Crippen LogP contribution in [0, 0.1) is 50.2 Å². The Morgan fingerprint density at radius 3 is 1.53 bits per heavy atom. The quantitative estimate of drug-likeness (QED) is 0.0140.